The summed E-state index contributed by atoms with van der Waals surface area (Å²) >= 11 is 0. The van der Waals surface area contributed by atoms with Crippen molar-refractivity contribution in [1.29, 1.82) is 0 Å². The molecule has 1 aromatic carbocycles. The summed E-state index contributed by atoms with van der Waals surface area (Å²) in [5.41, 5.74) is 0.130. The van der Waals surface area contributed by atoms with Crippen LogP contribution in [0.15, 0.2) is 36.5 Å². The zero-order valence-corrected chi connectivity index (χ0v) is 14.4. The second-order valence-corrected chi connectivity index (χ2v) is 6.28. The van der Waals surface area contributed by atoms with Gasteiger partial charge in [0.25, 0.3) is 0 Å². The molecule has 0 aliphatic rings. The molecule has 0 fully saturated rings. The predicted octanol–water partition coefficient (Wildman–Crippen LogP) is 4.31. The van der Waals surface area contributed by atoms with E-state index in [2.05, 4.69) is 9.97 Å². The van der Waals surface area contributed by atoms with Crippen LogP contribution in [0.1, 0.15) is 45.7 Å². The Balaban J connectivity index is 2.27. The molecule has 8 heteroatoms. The fourth-order valence-electron chi connectivity index (χ4n) is 2.93. The number of fused-ring (bicyclic) bond motifs is 1. The zero-order chi connectivity index (χ0) is 19.9. The number of H-pyrrole nitrogens is 1. The number of benzene rings is 1. The van der Waals surface area contributed by atoms with E-state index < -0.39 is 29.4 Å². The van der Waals surface area contributed by atoms with Gasteiger partial charge in [0.05, 0.1) is 17.2 Å². The number of nitrogens with zero attached hydrogens (tertiary/aromatic N) is 1. The molecule has 27 heavy (non-hydrogen) atoms. The number of carboxylic acids is 1. The summed E-state index contributed by atoms with van der Waals surface area (Å²) in [6.07, 6.45) is -3.15. The molecule has 2 aromatic heterocycles. The Kier molecular flexibility index (Phi) is 4.51. The summed E-state index contributed by atoms with van der Waals surface area (Å²) in [4.78, 5) is 31.2. The number of aromatic amines is 1. The lowest BCUT2D eigenvalue weighted by molar-refractivity contribution is -0.138. The van der Waals surface area contributed by atoms with Gasteiger partial charge in [-0.05, 0) is 49.7 Å². The maximum atomic E-state index is 13.1. The molecule has 0 spiro atoms. The van der Waals surface area contributed by atoms with E-state index in [0.29, 0.717) is 0 Å². The van der Waals surface area contributed by atoms with Crippen LogP contribution in [0, 0.1) is 6.92 Å². The second-order valence-electron chi connectivity index (χ2n) is 6.28. The first-order valence-electron chi connectivity index (χ1n) is 8.02. The van der Waals surface area contributed by atoms with E-state index in [1.54, 1.807) is 13.0 Å². The third kappa shape index (κ3) is 3.42. The number of rotatable bonds is 4. The molecule has 0 aliphatic carbocycles. The van der Waals surface area contributed by atoms with Crippen LogP contribution < -0.4 is 0 Å². The molecule has 0 amide bonds. The van der Waals surface area contributed by atoms with Gasteiger partial charge in [0.1, 0.15) is 5.69 Å². The van der Waals surface area contributed by atoms with Crippen molar-refractivity contribution >= 4 is 22.7 Å². The van der Waals surface area contributed by atoms with Crippen molar-refractivity contribution in [3.8, 4) is 0 Å². The summed E-state index contributed by atoms with van der Waals surface area (Å²) < 4.78 is 39.2. The first-order chi connectivity index (χ1) is 12.6. The maximum absolute atomic E-state index is 13.1. The van der Waals surface area contributed by atoms with Crippen molar-refractivity contribution in [2.45, 2.75) is 25.9 Å². The van der Waals surface area contributed by atoms with Crippen molar-refractivity contribution in [3.63, 3.8) is 0 Å². The fourth-order valence-corrected chi connectivity index (χ4v) is 2.93. The molecule has 0 saturated heterocycles. The molecule has 2 N–H and O–H groups in total. The molecule has 1 unspecified atom stereocenters. The molecular formula is C19H15F3N2O3. The van der Waals surface area contributed by atoms with Gasteiger partial charge in [-0.15, -0.1) is 0 Å². The number of pyridine rings is 1. The molecule has 5 nitrogen and oxygen atoms in total. The maximum Gasteiger partial charge on any atom is 0.416 e. The number of carbonyl (C=O) groups excluding carboxylic acids is 1. The van der Waals surface area contributed by atoms with Gasteiger partial charge in [0, 0.05) is 22.7 Å². The number of hydrogen-bond donors (Lipinski definition) is 2. The normalized spacial score (nSPS) is 12.9. The number of alkyl halides is 3. The first kappa shape index (κ1) is 18.6. The zero-order valence-electron chi connectivity index (χ0n) is 14.4. The highest BCUT2D eigenvalue weighted by Gasteiger charge is 2.33. The highest BCUT2D eigenvalue weighted by atomic mass is 19.4. The fraction of sp³-hybridized carbons (Fsp3) is 0.211. The quantitative estimate of drug-likeness (QED) is 0.665. The highest BCUT2D eigenvalue weighted by molar-refractivity contribution is 6.12. The molecule has 3 rings (SSSR count). The predicted molar refractivity (Wildman–Crippen MR) is 91.8 cm³/mol. The van der Waals surface area contributed by atoms with Gasteiger partial charge >= 0.3 is 12.1 Å². The Morgan fingerprint density at radius 2 is 1.89 bits per heavy atom. The number of carboxylic acid groups (broad SMARTS) is 1. The third-order valence-corrected chi connectivity index (χ3v) is 4.34. The smallest absolute Gasteiger partial charge is 0.416 e. The Morgan fingerprint density at radius 3 is 2.48 bits per heavy atom. The molecule has 2 heterocycles. The van der Waals surface area contributed by atoms with Crippen molar-refractivity contribution in [1.82, 2.24) is 9.97 Å². The summed E-state index contributed by atoms with van der Waals surface area (Å²) in [5, 5.41) is 9.45. The summed E-state index contributed by atoms with van der Waals surface area (Å²) in [7, 11) is 0. The highest BCUT2D eigenvalue weighted by Crippen LogP contribution is 2.36. The van der Waals surface area contributed by atoms with Crippen LogP contribution in [-0.4, -0.2) is 26.8 Å². The minimum Gasteiger partial charge on any atom is -0.481 e. The van der Waals surface area contributed by atoms with Crippen molar-refractivity contribution in [2.24, 2.45) is 0 Å². The Hall–Kier alpha value is -3.16. The van der Waals surface area contributed by atoms with Gasteiger partial charge in [-0.25, -0.2) is 0 Å². The average molecular weight is 376 g/mol. The van der Waals surface area contributed by atoms with Crippen LogP contribution in [0.5, 0.6) is 0 Å². The number of aryl methyl sites for hydroxylation is 1. The minimum atomic E-state index is -4.59. The average Bonchev–Trinajstić information content (AvgIpc) is 2.98. The van der Waals surface area contributed by atoms with Crippen molar-refractivity contribution in [2.75, 3.05) is 0 Å². The topological polar surface area (TPSA) is 83.0 Å². The van der Waals surface area contributed by atoms with Gasteiger partial charge in [-0.3, -0.25) is 14.6 Å². The van der Waals surface area contributed by atoms with Gasteiger partial charge in [0.2, 0.25) is 5.78 Å². The van der Waals surface area contributed by atoms with E-state index in [0.717, 1.165) is 17.7 Å². The van der Waals surface area contributed by atoms with Crippen LogP contribution in [-0.2, 0) is 11.0 Å². The third-order valence-electron chi connectivity index (χ3n) is 4.34. The largest absolute Gasteiger partial charge is 0.481 e. The van der Waals surface area contributed by atoms with Crippen LogP contribution in [0.25, 0.3) is 10.9 Å². The minimum absolute atomic E-state index is 0.0110. The van der Waals surface area contributed by atoms with Gasteiger partial charge in [0.15, 0.2) is 0 Å². The van der Waals surface area contributed by atoms with E-state index in [9.17, 15) is 27.9 Å². The lowest BCUT2D eigenvalue weighted by Gasteiger charge is -2.10. The van der Waals surface area contributed by atoms with Crippen molar-refractivity contribution in [3.05, 3.63) is 64.6 Å². The number of aromatic nitrogens is 2. The van der Waals surface area contributed by atoms with E-state index >= 15 is 0 Å². The number of halogens is 3. The second kappa shape index (κ2) is 6.53. The summed E-state index contributed by atoms with van der Waals surface area (Å²) in [6, 6.07) is 6.16. The number of hydrogen-bond acceptors (Lipinski definition) is 3. The van der Waals surface area contributed by atoms with Crippen LogP contribution in [0.4, 0.5) is 13.2 Å². The van der Waals surface area contributed by atoms with Gasteiger partial charge in [-0.1, -0.05) is 0 Å². The van der Waals surface area contributed by atoms with E-state index in [4.69, 9.17) is 0 Å². The number of aliphatic carboxylic acids is 1. The lowest BCUT2D eigenvalue weighted by atomic mass is 9.94. The van der Waals surface area contributed by atoms with Crippen LogP contribution in [0.3, 0.4) is 0 Å². The van der Waals surface area contributed by atoms with E-state index in [1.165, 1.54) is 25.3 Å². The molecule has 140 valence electrons. The molecular weight excluding hydrogens is 361 g/mol. The number of carbonyl (C=O) groups is 2. The molecule has 0 aliphatic heterocycles. The Bertz CT molecular complexity index is 1050. The first-order valence-corrected chi connectivity index (χ1v) is 8.02. The SMILES string of the molecule is Cc1ccnc(C(=O)c2[nH]c3ccc(C(F)(F)F)cc3c2C(C)C(=O)O)c1. The molecule has 3 aromatic rings. The standard InChI is InChI=1S/C19H15F3N2O3/c1-9-5-6-23-14(7-9)17(25)16-15(10(2)18(26)27)12-8-11(19(20,21)22)3-4-13(12)24-16/h3-8,10,24H,1-2H3,(H,26,27). The Labute approximate surface area is 151 Å². The number of nitrogens with one attached hydrogen (secondary N) is 1. The summed E-state index contributed by atoms with van der Waals surface area (Å²) in [6.45, 7) is 3.09. The Morgan fingerprint density at radius 1 is 1.19 bits per heavy atom. The van der Waals surface area contributed by atoms with E-state index in [1.807, 2.05) is 0 Å². The van der Waals surface area contributed by atoms with Crippen LogP contribution >= 0.6 is 0 Å². The van der Waals surface area contributed by atoms with Crippen molar-refractivity contribution < 1.29 is 27.9 Å². The van der Waals surface area contributed by atoms with Gasteiger partial charge in [-0.2, -0.15) is 13.2 Å². The molecule has 0 bridgehead atoms. The monoisotopic (exact) mass is 376 g/mol. The number of ketones is 1. The van der Waals surface area contributed by atoms with Gasteiger partial charge < -0.3 is 10.1 Å². The summed E-state index contributed by atoms with van der Waals surface area (Å²) in [5.74, 6) is -3.02. The lowest BCUT2D eigenvalue weighted by Crippen LogP contribution is -2.14. The molecule has 1 atom stereocenters. The molecule has 0 saturated carbocycles. The van der Waals surface area contributed by atoms with Crippen LogP contribution in [0.2, 0.25) is 0 Å². The van der Waals surface area contributed by atoms with E-state index in [-0.39, 0.29) is 27.9 Å². The molecule has 0 radical (unpaired) electrons.